The van der Waals surface area contributed by atoms with Crippen LogP contribution in [0, 0.1) is 0 Å². The van der Waals surface area contributed by atoms with Crippen molar-refractivity contribution < 1.29 is 14.4 Å². The van der Waals surface area contributed by atoms with Gasteiger partial charge in [0.2, 0.25) is 5.89 Å². The van der Waals surface area contributed by atoms with E-state index in [4.69, 9.17) is 9.63 Å². The maximum absolute atomic E-state index is 10.0. The highest BCUT2D eigenvalue weighted by Crippen LogP contribution is 1.89. The number of aromatic nitrogens is 2. The number of nitrogens with zero attached hydrogens (tertiary/aromatic N) is 2. The summed E-state index contributed by atoms with van der Waals surface area (Å²) in [4.78, 5) is 13.8. The van der Waals surface area contributed by atoms with Gasteiger partial charge in [-0.3, -0.25) is 0 Å². The van der Waals surface area contributed by atoms with Crippen LogP contribution < -0.4 is 5.32 Å². The van der Waals surface area contributed by atoms with Gasteiger partial charge in [-0.2, -0.15) is 4.98 Å². The van der Waals surface area contributed by atoms with Gasteiger partial charge >= 0.3 is 5.97 Å². The molecule has 0 bridgehead atoms. The van der Waals surface area contributed by atoms with Gasteiger partial charge in [-0.1, -0.05) is 5.16 Å². The van der Waals surface area contributed by atoms with Crippen LogP contribution in [0.25, 0.3) is 0 Å². The van der Waals surface area contributed by atoms with Crippen molar-refractivity contribution in [3.8, 4) is 0 Å². The van der Waals surface area contributed by atoms with Crippen molar-refractivity contribution in [2.75, 3.05) is 6.54 Å². The molecule has 1 aromatic heterocycles. The predicted octanol–water partition coefficient (Wildman–Crippen LogP) is -0.200. The van der Waals surface area contributed by atoms with E-state index in [1.807, 2.05) is 0 Å². The van der Waals surface area contributed by atoms with Crippen LogP contribution in [0.1, 0.15) is 5.89 Å². The molecule has 0 radical (unpaired) electrons. The molecule has 0 atom stereocenters. The Kier molecular flexibility index (Phi) is 3.49. The van der Waals surface area contributed by atoms with Crippen molar-refractivity contribution >= 4 is 5.97 Å². The zero-order valence-corrected chi connectivity index (χ0v) is 6.80. The van der Waals surface area contributed by atoms with Gasteiger partial charge in [0.15, 0.2) is 6.33 Å². The Labute approximate surface area is 74.3 Å². The van der Waals surface area contributed by atoms with Gasteiger partial charge in [-0.15, -0.1) is 0 Å². The number of hydrogen-bond acceptors (Lipinski definition) is 5. The summed E-state index contributed by atoms with van der Waals surface area (Å²) in [5.74, 6) is -0.457. The highest BCUT2D eigenvalue weighted by atomic mass is 16.5. The molecule has 13 heavy (non-hydrogen) atoms. The summed E-state index contributed by atoms with van der Waals surface area (Å²) in [6, 6.07) is 0. The molecule has 0 aromatic carbocycles. The molecule has 0 spiro atoms. The third-order valence-corrected chi connectivity index (χ3v) is 1.23. The van der Waals surface area contributed by atoms with E-state index in [1.54, 1.807) is 0 Å². The molecule has 1 rings (SSSR count). The minimum Gasteiger partial charge on any atom is -0.478 e. The molecular weight excluding hydrogens is 174 g/mol. The van der Waals surface area contributed by atoms with Crippen LogP contribution in [0.5, 0.6) is 0 Å². The fourth-order valence-electron chi connectivity index (χ4n) is 0.699. The molecule has 0 aliphatic heterocycles. The monoisotopic (exact) mass is 183 g/mol. The third-order valence-electron chi connectivity index (χ3n) is 1.23. The van der Waals surface area contributed by atoms with Gasteiger partial charge in [0, 0.05) is 25.2 Å². The average Bonchev–Trinajstić information content (AvgIpc) is 2.55. The van der Waals surface area contributed by atoms with E-state index in [0.717, 1.165) is 6.08 Å². The number of nitrogens with one attached hydrogen (secondary N) is 1. The molecule has 2 N–H and O–H groups in total. The quantitative estimate of drug-likeness (QED) is 0.485. The Morgan fingerprint density at radius 3 is 3.23 bits per heavy atom. The summed E-state index contributed by atoms with van der Waals surface area (Å²) in [7, 11) is 0. The summed E-state index contributed by atoms with van der Waals surface area (Å²) in [5.41, 5.74) is 0. The van der Waals surface area contributed by atoms with Crippen LogP contribution in [-0.2, 0) is 11.2 Å². The highest BCUT2D eigenvalue weighted by molar-refractivity contribution is 5.79. The summed E-state index contributed by atoms with van der Waals surface area (Å²) >= 11 is 0. The normalized spacial score (nSPS) is 10.5. The van der Waals surface area contributed by atoms with Gasteiger partial charge in [-0.25, -0.2) is 4.79 Å². The van der Waals surface area contributed by atoms with E-state index < -0.39 is 5.97 Å². The summed E-state index contributed by atoms with van der Waals surface area (Å²) < 4.78 is 4.72. The van der Waals surface area contributed by atoms with Crippen molar-refractivity contribution in [3.05, 3.63) is 24.5 Å². The zero-order chi connectivity index (χ0) is 9.52. The molecule has 0 saturated carbocycles. The topological polar surface area (TPSA) is 88.2 Å². The Morgan fingerprint density at radius 1 is 1.77 bits per heavy atom. The van der Waals surface area contributed by atoms with Crippen LogP contribution in [0.4, 0.5) is 0 Å². The number of carbonyl (C=O) groups is 1. The zero-order valence-electron chi connectivity index (χ0n) is 6.80. The number of carboxylic acid groups (broad SMARTS) is 1. The molecule has 1 aromatic rings. The van der Waals surface area contributed by atoms with Crippen molar-refractivity contribution in [3.63, 3.8) is 0 Å². The van der Waals surface area contributed by atoms with E-state index in [2.05, 4.69) is 15.5 Å². The fourth-order valence-corrected chi connectivity index (χ4v) is 0.699. The van der Waals surface area contributed by atoms with Gasteiger partial charge < -0.3 is 14.9 Å². The second kappa shape index (κ2) is 4.91. The largest absolute Gasteiger partial charge is 0.478 e. The Morgan fingerprint density at radius 2 is 2.62 bits per heavy atom. The lowest BCUT2D eigenvalue weighted by Gasteiger charge is -1.94. The second-order valence-electron chi connectivity index (χ2n) is 2.21. The molecule has 0 aliphatic carbocycles. The maximum Gasteiger partial charge on any atom is 0.329 e. The number of carboxylic acids is 1. The summed E-state index contributed by atoms with van der Waals surface area (Å²) in [6.45, 7) is 0.561. The first-order chi connectivity index (χ1) is 6.29. The van der Waals surface area contributed by atoms with Gasteiger partial charge in [0.25, 0.3) is 0 Å². The molecule has 0 amide bonds. The van der Waals surface area contributed by atoms with Crippen LogP contribution in [0.3, 0.4) is 0 Å². The van der Waals surface area contributed by atoms with Crippen molar-refractivity contribution in [1.82, 2.24) is 15.5 Å². The van der Waals surface area contributed by atoms with Crippen LogP contribution >= 0.6 is 0 Å². The Hall–Kier alpha value is -1.85. The second-order valence-corrected chi connectivity index (χ2v) is 2.21. The molecule has 70 valence electrons. The summed E-state index contributed by atoms with van der Waals surface area (Å²) in [6.07, 6.45) is 4.28. The third kappa shape index (κ3) is 3.90. The molecule has 0 unspecified atom stereocenters. The summed E-state index contributed by atoms with van der Waals surface area (Å²) in [5, 5.41) is 14.4. The maximum atomic E-state index is 10.0. The predicted molar refractivity (Wildman–Crippen MR) is 42.8 cm³/mol. The van der Waals surface area contributed by atoms with Gasteiger partial charge in [-0.05, 0) is 0 Å². The standard InChI is InChI=1S/C7H9N3O3/c11-7(12)2-4-8-3-1-6-9-5-10-13-6/h2,4-5,8H,1,3H2,(H,11,12)/b4-2+. The first-order valence-electron chi connectivity index (χ1n) is 3.67. The Bertz CT molecular complexity index is 281. The molecule has 0 fully saturated rings. The fraction of sp³-hybridized carbons (Fsp3) is 0.286. The number of hydrogen-bond donors (Lipinski definition) is 2. The Balaban J connectivity index is 2.12. The smallest absolute Gasteiger partial charge is 0.329 e. The first-order valence-corrected chi connectivity index (χ1v) is 3.67. The van der Waals surface area contributed by atoms with Crippen molar-refractivity contribution in [2.45, 2.75) is 6.42 Å². The molecular formula is C7H9N3O3. The van der Waals surface area contributed by atoms with Crippen LogP contribution in [0.15, 0.2) is 23.1 Å². The minimum atomic E-state index is -0.981. The van der Waals surface area contributed by atoms with Crippen LogP contribution in [-0.4, -0.2) is 27.8 Å². The van der Waals surface area contributed by atoms with E-state index in [1.165, 1.54) is 12.5 Å². The lowest BCUT2D eigenvalue weighted by molar-refractivity contribution is -0.131. The van der Waals surface area contributed by atoms with E-state index in [-0.39, 0.29) is 0 Å². The average molecular weight is 183 g/mol. The lowest BCUT2D eigenvalue weighted by atomic mass is 10.4. The minimum absolute atomic E-state index is 0.524. The number of aliphatic carboxylic acids is 1. The van der Waals surface area contributed by atoms with E-state index in [0.29, 0.717) is 18.9 Å². The SMILES string of the molecule is O=C(O)/C=C/NCCc1ncno1. The molecule has 6 heteroatoms. The van der Waals surface area contributed by atoms with Gasteiger partial charge in [0.1, 0.15) is 0 Å². The number of rotatable bonds is 5. The van der Waals surface area contributed by atoms with Crippen LogP contribution in [0.2, 0.25) is 0 Å². The lowest BCUT2D eigenvalue weighted by Crippen LogP contribution is -2.10. The van der Waals surface area contributed by atoms with E-state index in [9.17, 15) is 4.79 Å². The van der Waals surface area contributed by atoms with Crippen molar-refractivity contribution in [1.29, 1.82) is 0 Å². The molecule has 1 heterocycles. The molecule has 0 aliphatic rings. The van der Waals surface area contributed by atoms with Gasteiger partial charge in [0.05, 0.1) is 0 Å². The highest BCUT2D eigenvalue weighted by Gasteiger charge is 1.95. The molecule has 6 nitrogen and oxygen atoms in total. The molecule has 0 saturated heterocycles. The van der Waals surface area contributed by atoms with Crippen molar-refractivity contribution in [2.24, 2.45) is 0 Å². The first kappa shape index (κ1) is 9.24. The van der Waals surface area contributed by atoms with E-state index >= 15 is 0 Å².